The average Bonchev–Trinajstić information content (AvgIpc) is 2.96. The summed E-state index contributed by atoms with van der Waals surface area (Å²) < 4.78 is 5.61. The van der Waals surface area contributed by atoms with Crippen LogP contribution in [0.25, 0.3) is 6.08 Å². The number of anilines is 2. The second-order valence-corrected chi connectivity index (χ2v) is 6.08. The van der Waals surface area contributed by atoms with Gasteiger partial charge in [0.2, 0.25) is 0 Å². The summed E-state index contributed by atoms with van der Waals surface area (Å²) in [6, 6.07) is 14.4. The van der Waals surface area contributed by atoms with E-state index in [1.54, 1.807) is 30.3 Å². The third-order valence-corrected chi connectivity index (χ3v) is 4.03. The lowest BCUT2D eigenvalue weighted by atomic mass is 10.1. The monoisotopic (exact) mass is 361 g/mol. The summed E-state index contributed by atoms with van der Waals surface area (Å²) in [6.07, 6.45) is 6.81. The molecule has 0 saturated carbocycles. The zero-order valence-electron chi connectivity index (χ0n) is 15.1. The molecule has 1 heterocycles. The van der Waals surface area contributed by atoms with E-state index in [1.807, 2.05) is 37.2 Å². The Morgan fingerprint density at radius 3 is 2.59 bits per heavy atom. The molecule has 0 atom stereocenters. The SMILES string of the molecule is C#CCOc1cc(N(C)C)ccc1/C=C1/C(=O)NN(c2ccccc2)C1=O. The lowest BCUT2D eigenvalue weighted by molar-refractivity contribution is -0.117. The predicted molar refractivity (Wildman–Crippen MR) is 105 cm³/mol. The Kier molecular flexibility index (Phi) is 5.13. The minimum Gasteiger partial charge on any atom is -0.480 e. The molecule has 2 aromatic rings. The highest BCUT2D eigenvalue weighted by atomic mass is 16.5. The van der Waals surface area contributed by atoms with Gasteiger partial charge in [-0.2, -0.15) is 0 Å². The van der Waals surface area contributed by atoms with Gasteiger partial charge < -0.3 is 9.64 Å². The van der Waals surface area contributed by atoms with Crippen molar-refractivity contribution in [2.45, 2.75) is 0 Å². The smallest absolute Gasteiger partial charge is 0.282 e. The second-order valence-electron chi connectivity index (χ2n) is 6.08. The molecule has 0 unspecified atom stereocenters. The van der Waals surface area contributed by atoms with Gasteiger partial charge in [0.05, 0.1) is 5.69 Å². The highest BCUT2D eigenvalue weighted by molar-refractivity contribution is 6.31. The first kappa shape index (κ1) is 18.1. The van der Waals surface area contributed by atoms with Crippen LogP contribution in [0.3, 0.4) is 0 Å². The Bertz CT molecular complexity index is 943. The zero-order chi connectivity index (χ0) is 19.4. The molecule has 1 N–H and O–H groups in total. The van der Waals surface area contributed by atoms with E-state index in [4.69, 9.17) is 11.2 Å². The van der Waals surface area contributed by atoms with Gasteiger partial charge in [-0.1, -0.05) is 24.1 Å². The van der Waals surface area contributed by atoms with Crippen molar-refractivity contribution in [3.63, 3.8) is 0 Å². The van der Waals surface area contributed by atoms with Crippen molar-refractivity contribution in [1.29, 1.82) is 0 Å². The van der Waals surface area contributed by atoms with Crippen LogP contribution in [0.15, 0.2) is 54.1 Å². The quantitative estimate of drug-likeness (QED) is 0.504. The molecule has 0 radical (unpaired) electrons. The number of nitrogens with zero attached hydrogens (tertiary/aromatic N) is 2. The molecule has 136 valence electrons. The molecule has 3 rings (SSSR count). The first-order chi connectivity index (χ1) is 13.0. The van der Waals surface area contributed by atoms with Gasteiger partial charge in [0, 0.05) is 31.4 Å². The minimum atomic E-state index is -0.469. The lowest BCUT2D eigenvalue weighted by Crippen LogP contribution is -2.35. The number of nitrogens with one attached hydrogen (secondary N) is 1. The maximum Gasteiger partial charge on any atom is 0.282 e. The number of benzene rings is 2. The van der Waals surface area contributed by atoms with E-state index in [0.717, 1.165) is 5.69 Å². The number of rotatable bonds is 5. The molecule has 2 aromatic carbocycles. The van der Waals surface area contributed by atoms with E-state index in [2.05, 4.69) is 11.3 Å². The molecule has 6 nitrogen and oxygen atoms in total. The third kappa shape index (κ3) is 3.77. The van der Waals surface area contributed by atoms with E-state index in [9.17, 15) is 9.59 Å². The zero-order valence-corrected chi connectivity index (χ0v) is 15.1. The molecule has 1 aliphatic rings. The molecule has 1 saturated heterocycles. The van der Waals surface area contributed by atoms with Gasteiger partial charge in [-0.05, 0) is 30.3 Å². The van der Waals surface area contributed by atoms with Crippen LogP contribution in [0, 0.1) is 12.3 Å². The van der Waals surface area contributed by atoms with Crippen molar-refractivity contribution in [3.8, 4) is 18.1 Å². The van der Waals surface area contributed by atoms with E-state index < -0.39 is 11.8 Å². The molecule has 27 heavy (non-hydrogen) atoms. The van der Waals surface area contributed by atoms with Crippen molar-refractivity contribution in [3.05, 3.63) is 59.7 Å². The summed E-state index contributed by atoms with van der Waals surface area (Å²) in [5.41, 5.74) is 4.71. The first-order valence-corrected chi connectivity index (χ1v) is 8.31. The standard InChI is InChI=1S/C21H19N3O3/c1-4-12-27-19-14-17(23(2)3)11-10-15(19)13-18-20(25)22-24(21(18)26)16-8-6-5-7-9-16/h1,5-11,13-14H,12H2,2-3H3,(H,22,25)/b18-13-. The maximum absolute atomic E-state index is 12.7. The van der Waals surface area contributed by atoms with E-state index >= 15 is 0 Å². The topological polar surface area (TPSA) is 61.9 Å². The number of terminal acetylenes is 1. The van der Waals surface area contributed by atoms with Crippen LogP contribution in [0.5, 0.6) is 5.75 Å². The number of para-hydroxylation sites is 1. The highest BCUT2D eigenvalue weighted by Gasteiger charge is 2.34. The molecule has 6 heteroatoms. The van der Waals surface area contributed by atoms with Crippen LogP contribution in [0.1, 0.15) is 5.56 Å². The Labute approximate surface area is 158 Å². The summed E-state index contributed by atoms with van der Waals surface area (Å²) in [5, 5.41) is 1.23. The van der Waals surface area contributed by atoms with Gasteiger partial charge in [-0.15, -0.1) is 6.42 Å². The molecule has 0 aliphatic carbocycles. The van der Waals surface area contributed by atoms with Crippen molar-refractivity contribution in [2.75, 3.05) is 30.6 Å². The van der Waals surface area contributed by atoms with Gasteiger partial charge in [0.15, 0.2) is 0 Å². The van der Waals surface area contributed by atoms with Crippen LogP contribution < -0.4 is 20.1 Å². The molecule has 1 fully saturated rings. The van der Waals surface area contributed by atoms with Crippen molar-refractivity contribution in [2.24, 2.45) is 0 Å². The van der Waals surface area contributed by atoms with Crippen LogP contribution >= 0.6 is 0 Å². The summed E-state index contributed by atoms with van der Waals surface area (Å²) >= 11 is 0. The molecule has 0 spiro atoms. The number of carbonyl (C=O) groups is 2. The summed E-state index contributed by atoms with van der Waals surface area (Å²) in [5.74, 6) is 2.03. The largest absolute Gasteiger partial charge is 0.480 e. The van der Waals surface area contributed by atoms with Gasteiger partial charge in [-0.25, -0.2) is 5.01 Å². The summed E-state index contributed by atoms with van der Waals surface area (Å²) in [6.45, 7) is 0.0866. The van der Waals surface area contributed by atoms with E-state index in [0.29, 0.717) is 17.0 Å². The molecular weight excluding hydrogens is 342 g/mol. The van der Waals surface area contributed by atoms with Crippen LogP contribution in [-0.2, 0) is 9.59 Å². The van der Waals surface area contributed by atoms with Gasteiger partial charge in [-0.3, -0.25) is 15.0 Å². The van der Waals surface area contributed by atoms with E-state index in [1.165, 1.54) is 11.1 Å². The fourth-order valence-corrected chi connectivity index (χ4v) is 2.64. The highest BCUT2D eigenvalue weighted by Crippen LogP contribution is 2.29. The average molecular weight is 361 g/mol. The van der Waals surface area contributed by atoms with Crippen LogP contribution in [0.2, 0.25) is 0 Å². The fourth-order valence-electron chi connectivity index (χ4n) is 2.64. The molecule has 0 bridgehead atoms. The van der Waals surface area contributed by atoms with Gasteiger partial charge in [0.25, 0.3) is 11.8 Å². The van der Waals surface area contributed by atoms with Gasteiger partial charge in [0.1, 0.15) is 17.9 Å². The van der Waals surface area contributed by atoms with Gasteiger partial charge >= 0.3 is 0 Å². The second kappa shape index (κ2) is 7.67. The number of ether oxygens (including phenoxy) is 1. The molecule has 0 aromatic heterocycles. The Morgan fingerprint density at radius 1 is 1.19 bits per heavy atom. The Hall–Kier alpha value is -3.72. The predicted octanol–water partition coefficient (Wildman–Crippen LogP) is 2.23. The number of hydrogen-bond donors (Lipinski definition) is 1. The van der Waals surface area contributed by atoms with Crippen LogP contribution in [-0.4, -0.2) is 32.5 Å². The normalized spacial score (nSPS) is 14.9. The summed E-state index contributed by atoms with van der Waals surface area (Å²) in [4.78, 5) is 27.0. The number of hydrazine groups is 1. The molecular formula is C21H19N3O3. The van der Waals surface area contributed by atoms with Crippen molar-refractivity contribution in [1.82, 2.24) is 5.43 Å². The summed E-state index contributed by atoms with van der Waals surface area (Å²) in [7, 11) is 3.81. The Balaban J connectivity index is 1.97. The van der Waals surface area contributed by atoms with Crippen LogP contribution in [0.4, 0.5) is 11.4 Å². The minimum absolute atomic E-state index is 0.0296. The fraction of sp³-hybridized carbons (Fsp3) is 0.143. The molecule has 2 amide bonds. The number of carbonyl (C=O) groups excluding carboxylic acids is 2. The Morgan fingerprint density at radius 2 is 1.93 bits per heavy atom. The third-order valence-electron chi connectivity index (χ3n) is 4.03. The van der Waals surface area contributed by atoms with Crippen molar-refractivity contribution < 1.29 is 14.3 Å². The van der Waals surface area contributed by atoms with E-state index in [-0.39, 0.29) is 12.2 Å². The molecule has 1 aliphatic heterocycles. The lowest BCUT2D eigenvalue weighted by Gasteiger charge is -2.15. The first-order valence-electron chi connectivity index (χ1n) is 8.31. The van der Waals surface area contributed by atoms with Crippen molar-refractivity contribution >= 4 is 29.3 Å². The number of hydrogen-bond acceptors (Lipinski definition) is 4. The maximum atomic E-state index is 12.7. The number of amides is 2.